The van der Waals surface area contributed by atoms with Gasteiger partial charge in [-0.2, -0.15) is 0 Å². The summed E-state index contributed by atoms with van der Waals surface area (Å²) in [5.41, 5.74) is 0. The summed E-state index contributed by atoms with van der Waals surface area (Å²) in [6, 6.07) is 3.05. The molecule has 1 fully saturated rings. The van der Waals surface area contributed by atoms with E-state index >= 15 is 0 Å². The monoisotopic (exact) mass is 282 g/mol. The van der Waals surface area contributed by atoms with E-state index in [-0.39, 0.29) is 24.7 Å². The summed E-state index contributed by atoms with van der Waals surface area (Å²) in [7, 11) is 0. The lowest BCUT2D eigenvalue weighted by molar-refractivity contribution is -0.138. The zero-order chi connectivity index (χ0) is 13.8. The van der Waals surface area contributed by atoms with Crippen molar-refractivity contribution in [1.82, 2.24) is 10.6 Å². The molecule has 2 unspecified atom stereocenters. The number of nitrogens with one attached hydrogen (secondary N) is 2. The van der Waals surface area contributed by atoms with Gasteiger partial charge in [-0.05, 0) is 11.4 Å². The van der Waals surface area contributed by atoms with Gasteiger partial charge in [0.2, 0.25) is 11.8 Å². The minimum Gasteiger partial charge on any atom is -0.481 e. The highest BCUT2D eigenvalue weighted by atomic mass is 32.1. The number of hydrogen-bond acceptors (Lipinski definition) is 4. The number of thiophene rings is 1. The maximum atomic E-state index is 12.0. The van der Waals surface area contributed by atoms with E-state index in [1.54, 1.807) is 6.07 Å². The molecule has 2 rings (SSSR count). The summed E-state index contributed by atoms with van der Waals surface area (Å²) < 4.78 is 0. The Kier molecular flexibility index (Phi) is 4.16. The summed E-state index contributed by atoms with van der Waals surface area (Å²) in [5, 5.41) is 16.0. The molecule has 0 aromatic carbocycles. The fourth-order valence-corrected chi connectivity index (χ4v) is 2.74. The maximum Gasteiger partial charge on any atom is 0.305 e. The summed E-state index contributed by atoms with van der Waals surface area (Å²) in [6.07, 6.45) is -0.00356. The average Bonchev–Trinajstić information content (AvgIpc) is 2.97. The molecule has 1 aromatic rings. The molecule has 0 radical (unpaired) electrons. The third-order valence-corrected chi connectivity index (χ3v) is 3.92. The number of hydrogen-bond donors (Lipinski definition) is 3. The Hall–Kier alpha value is -1.89. The van der Waals surface area contributed by atoms with Gasteiger partial charge in [0.25, 0.3) is 0 Å². The molecule has 0 spiro atoms. The van der Waals surface area contributed by atoms with Crippen molar-refractivity contribution in [2.75, 3.05) is 6.54 Å². The van der Waals surface area contributed by atoms with E-state index in [4.69, 9.17) is 5.11 Å². The van der Waals surface area contributed by atoms with Crippen LogP contribution in [0.2, 0.25) is 0 Å². The molecule has 0 aliphatic carbocycles. The van der Waals surface area contributed by atoms with E-state index in [0.29, 0.717) is 6.54 Å². The van der Waals surface area contributed by atoms with Gasteiger partial charge in [-0.3, -0.25) is 14.4 Å². The van der Waals surface area contributed by atoms with Gasteiger partial charge in [0.15, 0.2) is 0 Å². The lowest BCUT2D eigenvalue weighted by Crippen LogP contribution is -2.35. The van der Waals surface area contributed by atoms with E-state index in [1.807, 2.05) is 11.4 Å². The molecular weight excluding hydrogens is 268 g/mol. The van der Waals surface area contributed by atoms with Gasteiger partial charge >= 0.3 is 5.97 Å². The van der Waals surface area contributed by atoms with Gasteiger partial charge in [0, 0.05) is 17.8 Å². The van der Waals surface area contributed by atoms with E-state index in [2.05, 4.69) is 10.6 Å². The molecule has 0 bridgehead atoms. The topological polar surface area (TPSA) is 95.5 Å². The van der Waals surface area contributed by atoms with Crippen LogP contribution < -0.4 is 10.6 Å². The smallest absolute Gasteiger partial charge is 0.305 e. The van der Waals surface area contributed by atoms with Crippen LogP contribution in [0, 0.1) is 5.92 Å². The number of amides is 2. The van der Waals surface area contributed by atoms with Crippen molar-refractivity contribution in [3.63, 3.8) is 0 Å². The van der Waals surface area contributed by atoms with Crippen molar-refractivity contribution in [1.29, 1.82) is 0 Å². The Bertz CT molecular complexity index is 486. The van der Waals surface area contributed by atoms with Gasteiger partial charge in [0.1, 0.15) is 0 Å². The number of carbonyl (C=O) groups is 3. The van der Waals surface area contributed by atoms with E-state index in [9.17, 15) is 14.4 Å². The molecule has 2 amide bonds. The van der Waals surface area contributed by atoms with Crippen LogP contribution in [0.5, 0.6) is 0 Å². The number of carboxylic acids is 1. The highest BCUT2D eigenvalue weighted by Gasteiger charge is 2.30. The van der Waals surface area contributed by atoms with Gasteiger partial charge < -0.3 is 15.7 Å². The third kappa shape index (κ3) is 3.54. The van der Waals surface area contributed by atoms with Crippen molar-refractivity contribution < 1.29 is 19.5 Å². The van der Waals surface area contributed by atoms with Crippen molar-refractivity contribution in [3.8, 4) is 0 Å². The van der Waals surface area contributed by atoms with Crippen LogP contribution in [0.3, 0.4) is 0 Å². The van der Waals surface area contributed by atoms with Crippen LogP contribution in [0.25, 0.3) is 0 Å². The molecule has 1 aliphatic heterocycles. The predicted molar refractivity (Wildman–Crippen MR) is 68.6 cm³/mol. The molecular formula is C12H14N2O4S. The Morgan fingerprint density at radius 1 is 1.58 bits per heavy atom. The summed E-state index contributed by atoms with van der Waals surface area (Å²) >= 11 is 1.40. The molecule has 2 heterocycles. The van der Waals surface area contributed by atoms with E-state index in [1.165, 1.54) is 11.3 Å². The molecule has 7 heteroatoms. The van der Waals surface area contributed by atoms with Crippen molar-refractivity contribution >= 4 is 29.1 Å². The van der Waals surface area contributed by atoms with Gasteiger partial charge in [-0.25, -0.2) is 0 Å². The van der Waals surface area contributed by atoms with Crippen molar-refractivity contribution in [2.45, 2.75) is 18.9 Å². The third-order valence-electron chi connectivity index (χ3n) is 2.93. The molecule has 0 saturated carbocycles. The number of carboxylic acid groups (broad SMARTS) is 1. The second kappa shape index (κ2) is 5.83. The fourth-order valence-electron chi connectivity index (χ4n) is 1.97. The summed E-state index contributed by atoms with van der Waals surface area (Å²) in [6.45, 7) is 0.314. The van der Waals surface area contributed by atoms with Crippen LogP contribution in [0.15, 0.2) is 17.5 Å². The number of carbonyl (C=O) groups excluding carboxylic acids is 2. The molecule has 1 aliphatic rings. The highest BCUT2D eigenvalue weighted by molar-refractivity contribution is 7.10. The second-order valence-corrected chi connectivity index (χ2v) is 5.36. The Morgan fingerprint density at radius 3 is 2.89 bits per heavy atom. The maximum absolute atomic E-state index is 12.0. The first kappa shape index (κ1) is 13.5. The van der Waals surface area contributed by atoms with Gasteiger partial charge in [-0.15, -0.1) is 11.3 Å². The largest absolute Gasteiger partial charge is 0.481 e. The van der Waals surface area contributed by atoms with Crippen LogP contribution in [0.1, 0.15) is 23.8 Å². The van der Waals surface area contributed by atoms with Crippen molar-refractivity contribution in [2.24, 2.45) is 5.92 Å². The molecule has 6 nitrogen and oxygen atoms in total. The molecule has 1 saturated heterocycles. The molecule has 102 valence electrons. The standard InChI is InChI=1S/C12H14N2O4S/c15-10-4-7(6-13-10)12(18)14-8(5-11(16)17)9-2-1-3-19-9/h1-3,7-8H,4-6H2,(H,13,15)(H,14,18)(H,16,17). The van der Waals surface area contributed by atoms with E-state index in [0.717, 1.165) is 4.88 Å². The molecule has 1 aromatic heterocycles. The lowest BCUT2D eigenvalue weighted by Gasteiger charge is -2.17. The molecule has 3 N–H and O–H groups in total. The Labute approximate surface area is 113 Å². The molecule has 2 atom stereocenters. The number of aliphatic carboxylic acids is 1. The lowest BCUT2D eigenvalue weighted by atomic mass is 10.1. The fraction of sp³-hybridized carbons (Fsp3) is 0.417. The van der Waals surface area contributed by atoms with Gasteiger partial charge in [-0.1, -0.05) is 6.07 Å². The molecule has 19 heavy (non-hydrogen) atoms. The Morgan fingerprint density at radius 2 is 2.37 bits per heavy atom. The zero-order valence-corrected chi connectivity index (χ0v) is 10.9. The van der Waals surface area contributed by atoms with E-state index < -0.39 is 17.9 Å². The predicted octanol–water partition coefficient (Wildman–Crippen LogP) is 0.516. The van der Waals surface area contributed by atoms with Crippen LogP contribution in [0.4, 0.5) is 0 Å². The first-order valence-corrected chi connectivity index (χ1v) is 6.76. The summed E-state index contributed by atoms with van der Waals surface area (Å²) in [5.74, 6) is -1.81. The zero-order valence-electron chi connectivity index (χ0n) is 10.1. The Balaban J connectivity index is 2.01. The normalized spacial score (nSPS) is 19.8. The van der Waals surface area contributed by atoms with Crippen LogP contribution in [-0.2, 0) is 14.4 Å². The van der Waals surface area contributed by atoms with Crippen LogP contribution in [-0.4, -0.2) is 29.4 Å². The van der Waals surface area contributed by atoms with Gasteiger partial charge in [0.05, 0.1) is 18.4 Å². The number of rotatable bonds is 5. The quantitative estimate of drug-likeness (QED) is 0.733. The SMILES string of the molecule is O=C(O)CC(NC(=O)C1CNC(=O)C1)c1cccs1. The minimum atomic E-state index is -0.973. The second-order valence-electron chi connectivity index (χ2n) is 4.38. The first-order valence-electron chi connectivity index (χ1n) is 5.88. The highest BCUT2D eigenvalue weighted by Crippen LogP contribution is 2.23. The first-order chi connectivity index (χ1) is 9.06. The van der Waals surface area contributed by atoms with Crippen LogP contribution >= 0.6 is 11.3 Å². The average molecular weight is 282 g/mol. The minimum absolute atomic E-state index is 0.147. The summed E-state index contributed by atoms with van der Waals surface area (Å²) in [4.78, 5) is 34.7. The van der Waals surface area contributed by atoms with Crippen molar-refractivity contribution in [3.05, 3.63) is 22.4 Å².